The van der Waals surface area contributed by atoms with E-state index in [0.717, 1.165) is 44.2 Å². The number of carbonyl (C=O) groups excluding carboxylic acids is 1. The molecule has 0 saturated carbocycles. The molecule has 0 aromatic carbocycles. The lowest BCUT2D eigenvalue weighted by molar-refractivity contribution is -0.142. The molecule has 0 aliphatic carbocycles. The summed E-state index contributed by atoms with van der Waals surface area (Å²) in [6.07, 6.45) is 7.31. The van der Waals surface area contributed by atoms with Gasteiger partial charge in [0.15, 0.2) is 0 Å². The van der Waals surface area contributed by atoms with Gasteiger partial charge in [0.25, 0.3) is 5.91 Å². The molecule has 1 aromatic rings. The molecule has 4 rings (SSSR count). The molecule has 1 atom stereocenters. The third-order valence-corrected chi connectivity index (χ3v) is 6.50. The predicted molar refractivity (Wildman–Crippen MR) is 102 cm³/mol. The fourth-order valence-electron chi connectivity index (χ4n) is 3.98. The zero-order chi connectivity index (χ0) is 19.2. The van der Waals surface area contributed by atoms with Gasteiger partial charge in [-0.15, -0.1) is 0 Å². The molecule has 7 nitrogen and oxygen atoms in total. The smallest absolute Gasteiger partial charge is 0.399 e. The van der Waals surface area contributed by atoms with Gasteiger partial charge >= 0.3 is 7.12 Å². The van der Waals surface area contributed by atoms with E-state index in [1.165, 1.54) is 0 Å². The fourth-order valence-corrected chi connectivity index (χ4v) is 3.98. The molecule has 1 aromatic heterocycles. The maximum Gasteiger partial charge on any atom is 0.498 e. The number of rotatable bonds is 3. The van der Waals surface area contributed by atoms with Gasteiger partial charge in [-0.25, -0.2) is 0 Å². The monoisotopic (exact) mass is 375 g/mol. The van der Waals surface area contributed by atoms with Crippen molar-refractivity contribution >= 4 is 18.5 Å². The van der Waals surface area contributed by atoms with Crippen molar-refractivity contribution in [3.8, 4) is 0 Å². The molecule has 0 N–H and O–H groups in total. The van der Waals surface area contributed by atoms with Crippen molar-refractivity contribution in [2.24, 2.45) is 0 Å². The second-order valence-electron chi connectivity index (χ2n) is 8.90. The van der Waals surface area contributed by atoms with E-state index in [1.807, 2.05) is 22.0 Å². The first-order chi connectivity index (χ1) is 12.8. The minimum Gasteiger partial charge on any atom is -0.399 e. The van der Waals surface area contributed by atoms with Crippen molar-refractivity contribution in [2.45, 2.75) is 76.7 Å². The van der Waals surface area contributed by atoms with Crippen LogP contribution in [-0.4, -0.2) is 64.7 Å². The van der Waals surface area contributed by atoms with Crippen molar-refractivity contribution < 1.29 is 18.8 Å². The summed E-state index contributed by atoms with van der Waals surface area (Å²) in [4.78, 5) is 14.4. The highest BCUT2D eigenvalue weighted by atomic mass is 16.7. The quantitative estimate of drug-likeness (QED) is 0.750. The van der Waals surface area contributed by atoms with Gasteiger partial charge in [-0.1, -0.05) is 0 Å². The van der Waals surface area contributed by atoms with E-state index in [2.05, 4.69) is 32.8 Å². The maximum atomic E-state index is 12.5. The first-order valence-electron chi connectivity index (χ1n) is 10.1. The number of amides is 1. The van der Waals surface area contributed by atoms with Crippen LogP contribution in [0.25, 0.3) is 0 Å². The minimum atomic E-state index is -0.384. The first kappa shape index (κ1) is 19.0. The van der Waals surface area contributed by atoms with Gasteiger partial charge in [-0.05, 0) is 53.4 Å². The van der Waals surface area contributed by atoms with E-state index in [4.69, 9.17) is 14.0 Å². The summed E-state index contributed by atoms with van der Waals surface area (Å²) in [5.74, 6) is 0.157. The molecule has 1 unspecified atom stereocenters. The zero-order valence-corrected chi connectivity index (χ0v) is 16.8. The third kappa shape index (κ3) is 3.55. The lowest BCUT2D eigenvalue weighted by Crippen LogP contribution is -2.44. The van der Waals surface area contributed by atoms with Crippen LogP contribution in [0.1, 0.15) is 59.4 Å². The van der Waals surface area contributed by atoms with Crippen LogP contribution in [0.3, 0.4) is 0 Å². The number of piperidine rings is 1. The highest BCUT2D eigenvalue weighted by molar-refractivity contribution is 6.62. The summed E-state index contributed by atoms with van der Waals surface area (Å²) >= 11 is 0. The molecule has 3 aliphatic heterocycles. The van der Waals surface area contributed by atoms with Crippen molar-refractivity contribution in [3.63, 3.8) is 0 Å². The van der Waals surface area contributed by atoms with Crippen LogP contribution in [-0.2, 0) is 18.8 Å². The van der Waals surface area contributed by atoms with E-state index in [9.17, 15) is 4.79 Å². The Bertz CT molecular complexity index is 675. The summed E-state index contributed by atoms with van der Waals surface area (Å²) in [5.41, 5.74) is 0.244. The molecule has 1 amide bonds. The number of hydrogen-bond acceptors (Lipinski definition) is 5. The molecule has 4 heterocycles. The second-order valence-corrected chi connectivity index (χ2v) is 8.90. The number of aromatic nitrogens is 2. The first-order valence-corrected chi connectivity index (χ1v) is 10.1. The number of carbonyl (C=O) groups is 1. The Hall–Kier alpha value is -1.38. The average Bonchev–Trinajstić information content (AvgIpc) is 3.35. The van der Waals surface area contributed by atoms with Gasteiger partial charge in [0.05, 0.1) is 17.2 Å². The number of nitrogens with zero attached hydrogens (tertiary/aromatic N) is 3. The summed E-state index contributed by atoms with van der Waals surface area (Å²) in [5, 5.41) is 4.56. The topological polar surface area (TPSA) is 65.8 Å². The van der Waals surface area contributed by atoms with E-state index < -0.39 is 0 Å². The summed E-state index contributed by atoms with van der Waals surface area (Å²) < 4.78 is 19.8. The standard InChI is InChI=1S/C19H30BN3O4/c1-18(2)19(3,4)27-20(26-18)14-12-21-23(13-14)15-7-9-22(10-8-15)17(24)16-6-5-11-25-16/h12-13,15-16H,5-11H2,1-4H3. The van der Waals surface area contributed by atoms with E-state index in [0.29, 0.717) is 12.6 Å². The van der Waals surface area contributed by atoms with Gasteiger partial charge in [0.2, 0.25) is 0 Å². The van der Waals surface area contributed by atoms with Crippen LogP contribution in [0.5, 0.6) is 0 Å². The van der Waals surface area contributed by atoms with Crippen molar-refractivity contribution in [1.29, 1.82) is 0 Å². The molecular formula is C19H30BN3O4. The van der Waals surface area contributed by atoms with Gasteiger partial charge in [0, 0.05) is 37.6 Å². The molecule has 3 fully saturated rings. The normalized spacial score (nSPS) is 28.1. The van der Waals surface area contributed by atoms with Crippen LogP contribution >= 0.6 is 0 Å². The Morgan fingerprint density at radius 1 is 1.15 bits per heavy atom. The average molecular weight is 375 g/mol. The lowest BCUT2D eigenvalue weighted by Gasteiger charge is -2.33. The maximum absolute atomic E-state index is 12.5. The third-order valence-electron chi connectivity index (χ3n) is 6.50. The van der Waals surface area contributed by atoms with Gasteiger partial charge < -0.3 is 18.9 Å². The molecule has 8 heteroatoms. The van der Waals surface area contributed by atoms with Gasteiger partial charge in [-0.3, -0.25) is 9.48 Å². The Balaban J connectivity index is 1.35. The Morgan fingerprint density at radius 3 is 2.41 bits per heavy atom. The number of likely N-dealkylation sites (tertiary alicyclic amines) is 1. The van der Waals surface area contributed by atoms with Crippen LogP contribution in [0, 0.1) is 0 Å². The summed E-state index contributed by atoms with van der Waals surface area (Å²) in [6.45, 7) is 10.4. The van der Waals surface area contributed by atoms with Crippen molar-refractivity contribution in [3.05, 3.63) is 12.4 Å². The number of hydrogen-bond donors (Lipinski definition) is 0. The van der Waals surface area contributed by atoms with E-state index in [1.54, 1.807) is 0 Å². The SMILES string of the molecule is CC1(C)OB(c2cnn(C3CCN(C(=O)C4CCCO4)CC3)c2)OC1(C)C. The highest BCUT2D eigenvalue weighted by Gasteiger charge is 2.52. The minimum absolute atomic E-state index is 0.157. The molecule has 3 aliphatic rings. The van der Waals surface area contributed by atoms with Crippen LogP contribution in [0.2, 0.25) is 0 Å². The van der Waals surface area contributed by atoms with Crippen LogP contribution in [0.4, 0.5) is 0 Å². The van der Waals surface area contributed by atoms with Crippen molar-refractivity contribution in [2.75, 3.05) is 19.7 Å². The highest BCUT2D eigenvalue weighted by Crippen LogP contribution is 2.36. The Morgan fingerprint density at radius 2 is 1.81 bits per heavy atom. The van der Waals surface area contributed by atoms with Crippen LogP contribution < -0.4 is 5.46 Å². The largest absolute Gasteiger partial charge is 0.498 e. The molecule has 3 saturated heterocycles. The molecule has 0 spiro atoms. The lowest BCUT2D eigenvalue weighted by atomic mass is 9.82. The van der Waals surface area contributed by atoms with E-state index in [-0.39, 0.29) is 30.3 Å². The Kier molecular flexibility index (Phi) is 4.85. The zero-order valence-electron chi connectivity index (χ0n) is 16.8. The van der Waals surface area contributed by atoms with Crippen molar-refractivity contribution in [1.82, 2.24) is 14.7 Å². The Labute approximate surface area is 161 Å². The number of ether oxygens (including phenoxy) is 1. The summed E-state index contributed by atoms with van der Waals surface area (Å²) in [6, 6.07) is 0.301. The fraction of sp³-hybridized carbons (Fsp3) is 0.789. The van der Waals surface area contributed by atoms with Crippen LogP contribution in [0.15, 0.2) is 12.4 Å². The molecule has 0 radical (unpaired) electrons. The second kappa shape index (κ2) is 6.90. The molecule has 27 heavy (non-hydrogen) atoms. The summed E-state index contributed by atoms with van der Waals surface area (Å²) in [7, 11) is -0.384. The molecule has 0 bridgehead atoms. The molecular weight excluding hydrogens is 345 g/mol. The van der Waals surface area contributed by atoms with E-state index >= 15 is 0 Å². The molecule has 148 valence electrons. The predicted octanol–water partition coefficient (Wildman–Crippen LogP) is 1.52. The van der Waals surface area contributed by atoms with Gasteiger partial charge in [-0.2, -0.15) is 5.10 Å². The van der Waals surface area contributed by atoms with Gasteiger partial charge in [0.1, 0.15) is 6.10 Å².